The highest BCUT2D eigenvalue weighted by molar-refractivity contribution is 7.89. The van der Waals surface area contributed by atoms with E-state index in [0.717, 1.165) is 38.6 Å². The summed E-state index contributed by atoms with van der Waals surface area (Å²) in [4.78, 5) is 30.0. The molecule has 1 aromatic heterocycles. The van der Waals surface area contributed by atoms with Crippen molar-refractivity contribution in [2.75, 3.05) is 13.2 Å². The Morgan fingerprint density at radius 2 is 1.91 bits per heavy atom. The summed E-state index contributed by atoms with van der Waals surface area (Å²) in [6.07, 6.45) is 1.66. The van der Waals surface area contributed by atoms with E-state index in [-0.39, 0.29) is 24.6 Å². The molecule has 2 aromatic carbocycles. The number of ether oxygens (including phenoxy) is 1. The second kappa shape index (κ2) is 10.4. The molecule has 3 aromatic rings. The van der Waals surface area contributed by atoms with Crippen molar-refractivity contribution in [2.45, 2.75) is 50.6 Å². The minimum absolute atomic E-state index is 0.0788. The molecule has 1 atom stereocenters. The fourth-order valence-electron chi connectivity index (χ4n) is 4.10. The van der Waals surface area contributed by atoms with Gasteiger partial charge in [0.05, 0.1) is 21.7 Å². The maximum Gasteiger partial charge on any atom is 0.326 e. The lowest BCUT2D eigenvalue weighted by Gasteiger charge is -2.21. The number of hydrogen-bond acceptors (Lipinski definition) is 6. The number of rotatable bonds is 7. The SMILES string of the molecule is CCOC(=O)Cn1c(=NC(=O)C2CCCN2S(=O)(=O)c2ccc(F)cc2)sc2cc(CC)ccc21. The standard InChI is InChI=1S/C24H26FN3O5S2/c1-3-16-7-12-19-21(14-16)34-24(27(19)15-22(29)33-4-2)26-23(30)20-6-5-13-28(20)35(31,32)18-10-8-17(25)9-11-18/h7-12,14,20H,3-6,13,15H2,1-2H3. The van der Waals surface area contributed by atoms with Crippen LogP contribution in [0.2, 0.25) is 0 Å². The molecule has 1 amide bonds. The van der Waals surface area contributed by atoms with Crippen LogP contribution in [0.5, 0.6) is 0 Å². The Hall–Kier alpha value is -2.89. The highest BCUT2D eigenvalue weighted by Gasteiger charge is 2.39. The molecule has 1 fully saturated rings. The molecule has 0 spiro atoms. The molecule has 0 N–H and O–H groups in total. The Morgan fingerprint density at radius 1 is 1.17 bits per heavy atom. The van der Waals surface area contributed by atoms with Gasteiger partial charge in [0.2, 0.25) is 10.0 Å². The van der Waals surface area contributed by atoms with Gasteiger partial charge in [-0.05, 0) is 68.1 Å². The van der Waals surface area contributed by atoms with E-state index in [1.807, 2.05) is 25.1 Å². The minimum atomic E-state index is -4.00. The van der Waals surface area contributed by atoms with Crippen molar-refractivity contribution < 1.29 is 27.1 Å². The van der Waals surface area contributed by atoms with Gasteiger partial charge < -0.3 is 9.30 Å². The van der Waals surface area contributed by atoms with Crippen LogP contribution in [0.15, 0.2) is 52.4 Å². The van der Waals surface area contributed by atoms with E-state index in [4.69, 9.17) is 4.74 Å². The van der Waals surface area contributed by atoms with Crippen molar-refractivity contribution in [2.24, 2.45) is 4.99 Å². The molecule has 0 radical (unpaired) electrons. The monoisotopic (exact) mass is 519 g/mol. The number of aryl methyl sites for hydroxylation is 1. The number of amides is 1. The predicted octanol–water partition coefficient (Wildman–Crippen LogP) is 3.25. The second-order valence-electron chi connectivity index (χ2n) is 8.11. The molecule has 11 heteroatoms. The van der Waals surface area contributed by atoms with Gasteiger partial charge in [0.25, 0.3) is 5.91 Å². The van der Waals surface area contributed by atoms with Gasteiger partial charge in [-0.2, -0.15) is 9.30 Å². The Balaban J connectivity index is 1.73. The van der Waals surface area contributed by atoms with Crippen molar-refractivity contribution in [3.63, 3.8) is 0 Å². The van der Waals surface area contributed by atoms with E-state index in [2.05, 4.69) is 4.99 Å². The number of thiazole rings is 1. The van der Waals surface area contributed by atoms with Crippen LogP contribution in [0, 0.1) is 5.82 Å². The van der Waals surface area contributed by atoms with Crippen LogP contribution in [0.4, 0.5) is 4.39 Å². The number of halogens is 1. The molecule has 0 bridgehead atoms. The minimum Gasteiger partial charge on any atom is -0.465 e. The highest BCUT2D eigenvalue weighted by atomic mass is 32.2. The Bertz CT molecular complexity index is 1430. The van der Waals surface area contributed by atoms with Crippen molar-refractivity contribution >= 4 is 43.5 Å². The van der Waals surface area contributed by atoms with E-state index in [1.165, 1.54) is 23.5 Å². The zero-order valence-electron chi connectivity index (χ0n) is 19.4. The smallest absolute Gasteiger partial charge is 0.326 e. The molecule has 1 aliphatic rings. The van der Waals surface area contributed by atoms with Crippen molar-refractivity contribution in [3.05, 3.63) is 58.6 Å². The van der Waals surface area contributed by atoms with E-state index in [1.54, 1.807) is 11.5 Å². The molecular weight excluding hydrogens is 493 g/mol. The normalized spacial score (nSPS) is 17.2. The van der Waals surface area contributed by atoms with E-state index in [9.17, 15) is 22.4 Å². The summed E-state index contributed by atoms with van der Waals surface area (Å²) in [7, 11) is -4.00. The average Bonchev–Trinajstić information content (AvgIpc) is 3.45. The largest absolute Gasteiger partial charge is 0.465 e. The fraction of sp³-hybridized carbons (Fsp3) is 0.375. The molecule has 35 heavy (non-hydrogen) atoms. The van der Waals surface area contributed by atoms with Crippen LogP contribution in [0.1, 0.15) is 32.3 Å². The van der Waals surface area contributed by atoms with Gasteiger partial charge in [-0.25, -0.2) is 12.8 Å². The third-order valence-corrected chi connectivity index (χ3v) is 8.83. The topological polar surface area (TPSA) is 98.0 Å². The number of sulfonamides is 1. The van der Waals surface area contributed by atoms with Gasteiger partial charge in [0.1, 0.15) is 18.4 Å². The molecular formula is C24H26FN3O5S2. The number of hydrogen-bond donors (Lipinski definition) is 0. The van der Waals surface area contributed by atoms with E-state index < -0.39 is 33.8 Å². The number of benzene rings is 2. The van der Waals surface area contributed by atoms with Gasteiger partial charge in [0, 0.05) is 6.54 Å². The zero-order chi connectivity index (χ0) is 25.2. The molecule has 4 rings (SSSR count). The lowest BCUT2D eigenvalue weighted by molar-refractivity contribution is -0.143. The first kappa shape index (κ1) is 25.2. The third-order valence-electron chi connectivity index (χ3n) is 5.86. The third kappa shape index (κ3) is 5.21. The van der Waals surface area contributed by atoms with E-state index in [0.29, 0.717) is 17.6 Å². The van der Waals surface area contributed by atoms with Crippen molar-refractivity contribution in [1.29, 1.82) is 0 Å². The van der Waals surface area contributed by atoms with Crippen LogP contribution in [0.3, 0.4) is 0 Å². The number of esters is 1. The number of aromatic nitrogens is 1. The van der Waals surface area contributed by atoms with Gasteiger partial charge in [0.15, 0.2) is 4.80 Å². The Kier molecular flexibility index (Phi) is 7.48. The Labute approximate surface area is 206 Å². The molecule has 0 saturated carbocycles. The molecule has 8 nitrogen and oxygen atoms in total. The van der Waals surface area contributed by atoms with Crippen molar-refractivity contribution in [1.82, 2.24) is 8.87 Å². The molecule has 1 aliphatic heterocycles. The molecule has 0 aliphatic carbocycles. The lowest BCUT2D eigenvalue weighted by atomic mass is 10.2. The zero-order valence-corrected chi connectivity index (χ0v) is 21.1. The average molecular weight is 520 g/mol. The summed E-state index contributed by atoms with van der Waals surface area (Å²) in [5.74, 6) is -1.61. The van der Waals surface area contributed by atoms with Crippen LogP contribution in [-0.2, 0) is 37.3 Å². The van der Waals surface area contributed by atoms with Crippen molar-refractivity contribution in [3.8, 4) is 0 Å². The summed E-state index contributed by atoms with van der Waals surface area (Å²) < 4.78 is 48.3. The lowest BCUT2D eigenvalue weighted by Crippen LogP contribution is -2.40. The van der Waals surface area contributed by atoms with Gasteiger partial charge in [-0.1, -0.05) is 24.3 Å². The summed E-state index contributed by atoms with van der Waals surface area (Å²) in [5, 5.41) is 0. The molecule has 1 saturated heterocycles. The molecule has 2 heterocycles. The van der Waals surface area contributed by atoms with Crippen LogP contribution < -0.4 is 4.80 Å². The van der Waals surface area contributed by atoms with Crippen LogP contribution in [-0.4, -0.2) is 48.4 Å². The second-order valence-corrected chi connectivity index (χ2v) is 11.0. The number of nitrogens with zero attached hydrogens (tertiary/aromatic N) is 3. The number of carbonyl (C=O) groups excluding carboxylic acids is 2. The molecule has 1 unspecified atom stereocenters. The Morgan fingerprint density at radius 3 is 2.60 bits per heavy atom. The quantitative estimate of drug-likeness (QED) is 0.447. The number of carbonyl (C=O) groups is 2. The summed E-state index contributed by atoms with van der Waals surface area (Å²) in [6, 6.07) is 9.38. The summed E-state index contributed by atoms with van der Waals surface area (Å²) >= 11 is 1.27. The van der Waals surface area contributed by atoms with Gasteiger partial charge in [-0.15, -0.1) is 0 Å². The summed E-state index contributed by atoms with van der Waals surface area (Å²) in [5.41, 5.74) is 1.85. The van der Waals surface area contributed by atoms with Crippen LogP contribution in [0.25, 0.3) is 10.2 Å². The van der Waals surface area contributed by atoms with Gasteiger partial charge >= 0.3 is 5.97 Å². The fourth-order valence-corrected chi connectivity index (χ4v) is 6.85. The first-order chi connectivity index (χ1) is 16.7. The van der Waals surface area contributed by atoms with E-state index >= 15 is 0 Å². The maximum absolute atomic E-state index is 13.3. The summed E-state index contributed by atoms with van der Waals surface area (Å²) in [6.45, 7) is 4.03. The first-order valence-corrected chi connectivity index (χ1v) is 13.6. The number of fused-ring (bicyclic) bond motifs is 1. The maximum atomic E-state index is 13.3. The first-order valence-electron chi connectivity index (χ1n) is 11.4. The highest BCUT2D eigenvalue weighted by Crippen LogP contribution is 2.27. The predicted molar refractivity (Wildman–Crippen MR) is 130 cm³/mol. The molecule has 186 valence electrons. The van der Waals surface area contributed by atoms with Crippen LogP contribution >= 0.6 is 11.3 Å². The van der Waals surface area contributed by atoms with Gasteiger partial charge in [-0.3, -0.25) is 9.59 Å².